The Kier molecular flexibility index (Phi) is 6.20. The van der Waals surface area contributed by atoms with Crippen LogP contribution in [0.25, 0.3) is 0 Å². The van der Waals surface area contributed by atoms with Gasteiger partial charge in [-0.05, 0) is 18.6 Å². The summed E-state index contributed by atoms with van der Waals surface area (Å²) in [6.45, 7) is 0.124. The van der Waals surface area contributed by atoms with Crippen LogP contribution >= 0.6 is 0 Å². The predicted octanol–water partition coefficient (Wildman–Crippen LogP) is 2.83. The van der Waals surface area contributed by atoms with Gasteiger partial charge in [-0.1, -0.05) is 54.6 Å². The zero-order valence-electron chi connectivity index (χ0n) is 15.1. The molecule has 3 amide bonds. The van der Waals surface area contributed by atoms with E-state index in [9.17, 15) is 14.4 Å². The molecule has 1 aliphatic heterocycles. The fraction of sp³-hybridized carbons (Fsp3) is 0.0952. The average molecular weight is 376 g/mol. The number of allylic oxidation sites excluding steroid dienone is 1. The first-order valence-electron chi connectivity index (χ1n) is 8.75. The summed E-state index contributed by atoms with van der Waals surface area (Å²) < 4.78 is 0. The summed E-state index contributed by atoms with van der Waals surface area (Å²) in [6, 6.07) is 17.3. The van der Waals surface area contributed by atoms with Gasteiger partial charge in [-0.15, -0.1) is 0 Å². The molecule has 3 N–H and O–H groups in total. The Bertz CT molecular complexity index is 908. The summed E-state index contributed by atoms with van der Waals surface area (Å²) in [5.74, 6) is -0.492. The Labute approximate surface area is 162 Å². The second-order valence-electron chi connectivity index (χ2n) is 6.10. The summed E-state index contributed by atoms with van der Waals surface area (Å²) >= 11 is 0. The molecule has 7 nitrogen and oxygen atoms in total. The topological polar surface area (TPSA) is 90.5 Å². The summed E-state index contributed by atoms with van der Waals surface area (Å²) in [5, 5.41) is 2.60. The summed E-state index contributed by atoms with van der Waals surface area (Å²) in [6.07, 6.45) is 5.56. The van der Waals surface area contributed by atoms with Crippen molar-refractivity contribution in [1.29, 1.82) is 0 Å². The summed E-state index contributed by atoms with van der Waals surface area (Å²) in [5.41, 5.74) is 6.33. The van der Waals surface area contributed by atoms with E-state index in [0.717, 1.165) is 0 Å². The number of hydrogen-bond acceptors (Lipinski definition) is 4. The molecular weight excluding hydrogens is 356 g/mol. The highest BCUT2D eigenvalue weighted by Crippen LogP contribution is 2.13. The van der Waals surface area contributed by atoms with E-state index >= 15 is 0 Å². The minimum absolute atomic E-state index is 0.0523. The molecule has 0 unspecified atom stereocenters. The van der Waals surface area contributed by atoms with Crippen molar-refractivity contribution in [3.63, 3.8) is 0 Å². The maximum Gasteiger partial charge on any atom is 0.337 e. The molecular formula is C21H20N4O3. The predicted molar refractivity (Wildman–Crippen MR) is 106 cm³/mol. The van der Waals surface area contributed by atoms with E-state index in [1.54, 1.807) is 71.9 Å². The van der Waals surface area contributed by atoms with Crippen LogP contribution in [0.15, 0.2) is 84.7 Å². The number of benzene rings is 2. The highest BCUT2D eigenvalue weighted by Gasteiger charge is 2.16. The van der Waals surface area contributed by atoms with E-state index < -0.39 is 11.9 Å². The van der Waals surface area contributed by atoms with Crippen molar-refractivity contribution in [2.24, 2.45) is 0 Å². The molecule has 0 spiro atoms. The van der Waals surface area contributed by atoms with Gasteiger partial charge in [-0.3, -0.25) is 15.0 Å². The fourth-order valence-corrected chi connectivity index (χ4v) is 2.62. The van der Waals surface area contributed by atoms with Crippen LogP contribution in [0.4, 0.5) is 10.5 Å². The molecule has 142 valence electrons. The second-order valence-corrected chi connectivity index (χ2v) is 6.10. The normalized spacial score (nSPS) is 12.7. The third kappa shape index (κ3) is 5.31. The number of amides is 3. The van der Waals surface area contributed by atoms with Gasteiger partial charge in [0.2, 0.25) is 0 Å². The largest absolute Gasteiger partial charge is 0.346 e. The Morgan fingerprint density at radius 3 is 2.29 bits per heavy atom. The van der Waals surface area contributed by atoms with Gasteiger partial charge in [0.25, 0.3) is 5.91 Å². The number of urea groups is 1. The Morgan fingerprint density at radius 1 is 0.893 bits per heavy atom. The van der Waals surface area contributed by atoms with Crippen LogP contribution in [0.1, 0.15) is 16.8 Å². The lowest BCUT2D eigenvalue weighted by atomic mass is 10.1. The van der Waals surface area contributed by atoms with Gasteiger partial charge in [-0.2, -0.15) is 0 Å². The van der Waals surface area contributed by atoms with E-state index in [4.69, 9.17) is 0 Å². The Balaban J connectivity index is 1.52. The molecule has 28 heavy (non-hydrogen) atoms. The Hall–Kier alpha value is -3.87. The maximum absolute atomic E-state index is 12.3. The minimum Gasteiger partial charge on any atom is -0.346 e. The van der Waals surface area contributed by atoms with E-state index in [-0.39, 0.29) is 12.3 Å². The van der Waals surface area contributed by atoms with Gasteiger partial charge in [0.05, 0.1) is 6.54 Å². The van der Waals surface area contributed by atoms with Gasteiger partial charge in [-0.25, -0.2) is 10.2 Å². The van der Waals surface area contributed by atoms with Crippen LogP contribution < -0.4 is 16.2 Å². The van der Waals surface area contributed by atoms with Crippen molar-refractivity contribution < 1.29 is 14.4 Å². The Morgan fingerprint density at radius 2 is 1.57 bits per heavy atom. The number of rotatable bonds is 5. The number of nitrogens with one attached hydrogen (secondary N) is 3. The van der Waals surface area contributed by atoms with Crippen LogP contribution in [0, 0.1) is 0 Å². The first-order valence-corrected chi connectivity index (χ1v) is 8.75. The van der Waals surface area contributed by atoms with Crippen molar-refractivity contribution in [1.82, 2.24) is 15.8 Å². The number of ketones is 1. The van der Waals surface area contributed by atoms with Crippen LogP contribution in [0.2, 0.25) is 0 Å². The maximum atomic E-state index is 12.3. The van der Waals surface area contributed by atoms with E-state index in [2.05, 4.69) is 16.2 Å². The van der Waals surface area contributed by atoms with Gasteiger partial charge in [0, 0.05) is 29.2 Å². The standard InChI is InChI=1S/C21H20N4O3/c26-19(16-8-3-1-4-9-16)15-25-13-7-10-17(14-25)20(27)23-24-21(28)22-18-11-5-2-6-12-18/h1-9,11-14H,10,15H2,(H,23,27)(H2,22,24,28). The molecule has 1 aliphatic rings. The number of carbonyl (C=O) groups excluding carboxylic acids is 3. The second kappa shape index (κ2) is 9.18. The van der Waals surface area contributed by atoms with Gasteiger partial charge in [0.1, 0.15) is 0 Å². The zero-order valence-corrected chi connectivity index (χ0v) is 15.1. The molecule has 0 saturated heterocycles. The third-order valence-electron chi connectivity index (χ3n) is 3.99. The molecule has 0 fully saturated rings. The first-order chi connectivity index (χ1) is 13.6. The molecule has 1 heterocycles. The van der Waals surface area contributed by atoms with Crippen molar-refractivity contribution in [2.45, 2.75) is 6.42 Å². The number of hydrogen-bond donors (Lipinski definition) is 3. The molecule has 0 aromatic heterocycles. The first kappa shape index (κ1) is 18.9. The molecule has 2 aromatic carbocycles. The number of Topliss-reactive ketones (excluding diaryl/α,β-unsaturated/α-hetero) is 1. The van der Waals surface area contributed by atoms with Gasteiger partial charge in [0.15, 0.2) is 5.78 Å². The number of carbonyl (C=O) groups is 3. The highest BCUT2D eigenvalue weighted by atomic mass is 16.2. The van der Waals surface area contributed by atoms with Crippen LogP contribution in [0.5, 0.6) is 0 Å². The molecule has 0 aliphatic carbocycles. The monoisotopic (exact) mass is 376 g/mol. The molecule has 0 saturated carbocycles. The molecule has 3 rings (SSSR count). The van der Waals surface area contributed by atoms with E-state index in [1.807, 2.05) is 12.1 Å². The number of nitrogens with zero attached hydrogens (tertiary/aromatic N) is 1. The smallest absolute Gasteiger partial charge is 0.337 e. The van der Waals surface area contributed by atoms with Crippen LogP contribution in [0.3, 0.4) is 0 Å². The molecule has 2 aromatic rings. The molecule has 0 bridgehead atoms. The van der Waals surface area contributed by atoms with Crippen molar-refractivity contribution in [3.8, 4) is 0 Å². The lowest BCUT2D eigenvalue weighted by Crippen LogP contribution is -2.44. The van der Waals surface area contributed by atoms with Gasteiger partial charge < -0.3 is 10.2 Å². The fourth-order valence-electron chi connectivity index (χ4n) is 2.62. The summed E-state index contributed by atoms with van der Waals surface area (Å²) in [7, 11) is 0. The zero-order chi connectivity index (χ0) is 19.8. The lowest BCUT2D eigenvalue weighted by Gasteiger charge is -2.20. The number of anilines is 1. The number of para-hydroxylation sites is 1. The lowest BCUT2D eigenvalue weighted by molar-refractivity contribution is -0.118. The SMILES string of the molecule is O=C(NNC(=O)C1=CN(CC(=O)c2ccccc2)C=CC1)Nc1ccccc1. The quantitative estimate of drug-likeness (QED) is 0.553. The average Bonchev–Trinajstić information content (AvgIpc) is 2.73. The van der Waals surface area contributed by atoms with Crippen molar-refractivity contribution in [3.05, 3.63) is 90.3 Å². The molecule has 7 heteroatoms. The number of hydrazine groups is 1. The molecule has 0 atom stereocenters. The van der Waals surface area contributed by atoms with E-state index in [0.29, 0.717) is 23.2 Å². The van der Waals surface area contributed by atoms with Crippen LogP contribution in [-0.4, -0.2) is 29.2 Å². The van der Waals surface area contributed by atoms with Crippen molar-refractivity contribution in [2.75, 3.05) is 11.9 Å². The van der Waals surface area contributed by atoms with Gasteiger partial charge >= 0.3 is 6.03 Å². The minimum atomic E-state index is -0.553. The molecule has 0 radical (unpaired) electrons. The van der Waals surface area contributed by atoms with Crippen molar-refractivity contribution >= 4 is 23.4 Å². The summed E-state index contributed by atoms with van der Waals surface area (Å²) in [4.78, 5) is 38.1. The highest BCUT2D eigenvalue weighted by molar-refractivity contribution is 5.98. The van der Waals surface area contributed by atoms with Crippen LogP contribution in [-0.2, 0) is 4.79 Å². The van der Waals surface area contributed by atoms with E-state index in [1.165, 1.54) is 0 Å². The third-order valence-corrected chi connectivity index (χ3v) is 3.99.